The van der Waals surface area contributed by atoms with Crippen LogP contribution >= 0.6 is 0 Å². The zero-order valence-electron chi connectivity index (χ0n) is 18.3. The average Bonchev–Trinajstić information content (AvgIpc) is 3.00. The Bertz CT molecular complexity index is 1230. The van der Waals surface area contributed by atoms with E-state index < -0.39 is 10.0 Å². The van der Waals surface area contributed by atoms with Crippen LogP contribution in [0.15, 0.2) is 47.4 Å². The first kappa shape index (κ1) is 22.0. The summed E-state index contributed by atoms with van der Waals surface area (Å²) >= 11 is 0. The molecular formula is C23H27N5O3S. The fourth-order valence-corrected chi connectivity index (χ4v) is 4.79. The van der Waals surface area contributed by atoms with E-state index in [2.05, 4.69) is 24.8 Å². The van der Waals surface area contributed by atoms with Gasteiger partial charge in [0.2, 0.25) is 0 Å². The normalized spacial score (nSPS) is 13.8. The predicted octanol–water partition coefficient (Wildman–Crippen LogP) is 3.35. The fraction of sp³-hybridized carbons (Fsp3) is 0.348. The van der Waals surface area contributed by atoms with Gasteiger partial charge in [-0.3, -0.25) is 9.52 Å². The third kappa shape index (κ3) is 4.83. The summed E-state index contributed by atoms with van der Waals surface area (Å²) in [6, 6.07) is 11.3. The molecule has 9 heteroatoms. The van der Waals surface area contributed by atoms with E-state index in [1.54, 1.807) is 12.1 Å². The van der Waals surface area contributed by atoms with Crippen LogP contribution in [0.4, 0.5) is 5.69 Å². The molecule has 1 aliphatic rings. The second kappa shape index (κ2) is 9.12. The van der Waals surface area contributed by atoms with Crippen LogP contribution < -0.4 is 10.0 Å². The predicted molar refractivity (Wildman–Crippen MR) is 122 cm³/mol. The lowest BCUT2D eigenvalue weighted by molar-refractivity contribution is 0.0949. The highest BCUT2D eigenvalue weighted by Crippen LogP contribution is 2.20. The summed E-state index contributed by atoms with van der Waals surface area (Å²) in [7, 11) is -3.75. The van der Waals surface area contributed by atoms with Gasteiger partial charge in [0.1, 0.15) is 5.82 Å². The van der Waals surface area contributed by atoms with E-state index in [9.17, 15) is 13.2 Å². The molecule has 0 radical (unpaired) electrons. The van der Waals surface area contributed by atoms with Crippen LogP contribution in [0.2, 0.25) is 0 Å². The van der Waals surface area contributed by atoms with Crippen LogP contribution in [-0.4, -0.2) is 29.1 Å². The molecule has 1 aliphatic heterocycles. The molecule has 1 amide bonds. The summed E-state index contributed by atoms with van der Waals surface area (Å²) in [5, 5.41) is 11.3. The van der Waals surface area contributed by atoms with Gasteiger partial charge in [-0.25, -0.2) is 8.42 Å². The Morgan fingerprint density at radius 3 is 2.53 bits per heavy atom. The van der Waals surface area contributed by atoms with Crippen LogP contribution in [0.5, 0.6) is 0 Å². The van der Waals surface area contributed by atoms with Gasteiger partial charge in [0, 0.05) is 24.2 Å². The summed E-state index contributed by atoms with van der Waals surface area (Å²) < 4.78 is 30.1. The van der Waals surface area contributed by atoms with E-state index >= 15 is 0 Å². The minimum absolute atomic E-state index is 0.0926. The Balaban J connectivity index is 1.41. The maximum absolute atomic E-state index is 12.7. The van der Waals surface area contributed by atoms with Crippen LogP contribution in [0, 0.1) is 13.8 Å². The van der Waals surface area contributed by atoms with Crippen LogP contribution in [0.1, 0.15) is 52.4 Å². The quantitative estimate of drug-likeness (QED) is 0.595. The summed E-state index contributed by atoms with van der Waals surface area (Å²) in [5.74, 6) is 1.42. The number of hydrogen-bond donors (Lipinski definition) is 2. The van der Waals surface area contributed by atoms with E-state index in [1.807, 2.05) is 19.9 Å². The standard InChI is InChI=1S/C23H27N5O3S/c1-16-7-10-19(14-17(16)2)27-32(30,31)20-11-8-18(9-12-20)23(29)24-15-22-26-25-21-6-4-3-5-13-28(21)22/h7-12,14,27H,3-6,13,15H2,1-2H3,(H,24,29). The van der Waals surface area contributed by atoms with Crippen molar-refractivity contribution in [3.05, 3.63) is 70.8 Å². The molecule has 0 spiro atoms. The minimum Gasteiger partial charge on any atom is -0.345 e. The number of rotatable bonds is 6. The lowest BCUT2D eigenvalue weighted by Gasteiger charge is -2.11. The summed E-state index contributed by atoms with van der Waals surface area (Å²) in [6.45, 7) is 5.04. The number of fused-ring (bicyclic) bond motifs is 1. The number of aromatic nitrogens is 3. The molecule has 8 nitrogen and oxygen atoms in total. The second-order valence-corrected chi connectivity index (χ2v) is 9.79. The number of amides is 1. The molecule has 4 rings (SSSR count). The van der Waals surface area contributed by atoms with Gasteiger partial charge in [-0.15, -0.1) is 10.2 Å². The van der Waals surface area contributed by atoms with Crippen molar-refractivity contribution < 1.29 is 13.2 Å². The monoisotopic (exact) mass is 453 g/mol. The van der Waals surface area contributed by atoms with Crippen molar-refractivity contribution in [1.82, 2.24) is 20.1 Å². The number of aryl methyl sites for hydroxylation is 3. The van der Waals surface area contributed by atoms with E-state index in [-0.39, 0.29) is 17.3 Å². The first-order valence-corrected chi connectivity index (χ1v) is 12.2. The third-order valence-corrected chi connectivity index (χ3v) is 7.18. The van der Waals surface area contributed by atoms with Gasteiger partial charge in [-0.2, -0.15) is 0 Å². The topological polar surface area (TPSA) is 106 Å². The molecule has 0 saturated carbocycles. The van der Waals surface area contributed by atoms with Crippen molar-refractivity contribution in [3.63, 3.8) is 0 Å². The Kier molecular flexibility index (Phi) is 6.27. The molecule has 2 N–H and O–H groups in total. The summed E-state index contributed by atoms with van der Waals surface area (Å²) in [5.41, 5.74) is 2.97. The zero-order chi connectivity index (χ0) is 22.7. The van der Waals surface area contributed by atoms with E-state index in [0.29, 0.717) is 11.3 Å². The fourth-order valence-electron chi connectivity index (χ4n) is 3.74. The molecule has 2 heterocycles. The maximum Gasteiger partial charge on any atom is 0.261 e. The Hall–Kier alpha value is -3.20. The van der Waals surface area contributed by atoms with E-state index in [4.69, 9.17) is 0 Å². The van der Waals surface area contributed by atoms with Crippen molar-refractivity contribution >= 4 is 21.6 Å². The van der Waals surface area contributed by atoms with Crippen molar-refractivity contribution in [1.29, 1.82) is 0 Å². The highest BCUT2D eigenvalue weighted by atomic mass is 32.2. The number of carbonyl (C=O) groups is 1. The molecule has 168 valence electrons. The number of nitrogens with zero attached hydrogens (tertiary/aromatic N) is 3. The molecule has 3 aromatic rings. The first-order valence-electron chi connectivity index (χ1n) is 10.7. The van der Waals surface area contributed by atoms with Crippen molar-refractivity contribution in [2.24, 2.45) is 0 Å². The van der Waals surface area contributed by atoms with E-state index in [1.165, 1.54) is 30.7 Å². The Morgan fingerprint density at radius 1 is 1.00 bits per heavy atom. The van der Waals surface area contributed by atoms with Crippen LogP contribution in [0.25, 0.3) is 0 Å². The molecule has 0 aliphatic carbocycles. The molecule has 0 unspecified atom stereocenters. The van der Waals surface area contributed by atoms with Crippen molar-refractivity contribution in [2.45, 2.75) is 57.5 Å². The minimum atomic E-state index is -3.75. The van der Waals surface area contributed by atoms with Gasteiger partial charge in [0.15, 0.2) is 5.82 Å². The molecule has 0 bridgehead atoms. The summed E-state index contributed by atoms with van der Waals surface area (Å²) in [4.78, 5) is 12.7. The van der Waals surface area contributed by atoms with Gasteiger partial charge in [0.25, 0.3) is 15.9 Å². The number of benzene rings is 2. The highest BCUT2D eigenvalue weighted by Gasteiger charge is 2.17. The molecular weight excluding hydrogens is 426 g/mol. The molecule has 1 aromatic heterocycles. The zero-order valence-corrected chi connectivity index (χ0v) is 19.1. The lowest BCUT2D eigenvalue weighted by Crippen LogP contribution is -2.25. The van der Waals surface area contributed by atoms with Gasteiger partial charge in [-0.1, -0.05) is 12.5 Å². The van der Waals surface area contributed by atoms with Gasteiger partial charge >= 0.3 is 0 Å². The summed E-state index contributed by atoms with van der Waals surface area (Å²) in [6.07, 6.45) is 4.27. The SMILES string of the molecule is Cc1ccc(NS(=O)(=O)c2ccc(C(=O)NCc3nnc4n3CCCCC4)cc2)cc1C. The Morgan fingerprint density at radius 2 is 1.78 bits per heavy atom. The molecule has 0 saturated heterocycles. The van der Waals surface area contributed by atoms with Crippen LogP contribution in [0.3, 0.4) is 0 Å². The molecule has 32 heavy (non-hydrogen) atoms. The number of carbonyl (C=O) groups excluding carboxylic acids is 1. The second-order valence-electron chi connectivity index (χ2n) is 8.11. The maximum atomic E-state index is 12.7. The van der Waals surface area contributed by atoms with Gasteiger partial charge < -0.3 is 9.88 Å². The number of hydrogen-bond acceptors (Lipinski definition) is 5. The van der Waals surface area contributed by atoms with E-state index in [0.717, 1.165) is 48.6 Å². The lowest BCUT2D eigenvalue weighted by atomic mass is 10.1. The molecule has 0 atom stereocenters. The highest BCUT2D eigenvalue weighted by molar-refractivity contribution is 7.92. The first-order chi connectivity index (χ1) is 15.3. The largest absolute Gasteiger partial charge is 0.345 e. The van der Waals surface area contributed by atoms with Gasteiger partial charge in [0.05, 0.1) is 11.4 Å². The number of nitrogens with one attached hydrogen (secondary N) is 2. The van der Waals surface area contributed by atoms with Crippen LogP contribution in [-0.2, 0) is 29.5 Å². The average molecular weight is 454 g/mol. The third-order valence-electron chi connectivity index (χ3n) is 5.78. The number of anilines is 1. The Labute approximate surface area is 188 Å². The number of sulfonamides is 1. The van der Waals surface area contributed by atoms with Gasteiger partial charge in [-0.05, 0) is 74.2 Å². The van der Waals surface area contributed by atoms with Crippen molar-refractivity contribution in [3.8, 4) is 0 Å². The molecule has 0 fully saturated rings. The smallest absolute Gasteiger partial charge is 0.261 e. The van der Waals surface area contributed by atoms with Crippen molar-refractivity contribution in [2.75, 3.05) is 4.72 Å². The molecule has 2 aromatic carbocycles.